The number of hydrogen-bond donors (Lipinski definition) is 2. The lowest BCUT2D eigenvalue weighted by Gasteiger charge is -2.40. The van der Waals surface area contributed by atoms with E-state index in [-0.39, 0.29) is 11.6 Å². The third-order valence-electron chi connectivity index (χ3n) is 4.18. The standard InChI is InChI=1S/C13H19ClN2OS2/c14-10-2-5-19-12(10)11(16-15)9-1-4-17-13(7-9)3-6-18-8-13/h2,5,9,11,16H,1,3-4,6-8,15H2. The van der Waals surface area contributed by atoms with E-state index in [4.69, 9.17) is 22.2 Å². The third-order valence-corrected chi connectivity index (χ3v) is 6.84. The lowest BCUT2D eigenvalue weighted by Crippen LogP contribution is -2.44. The van der Waals surface area contributed by atoms with Crippen LogP contribution in [0, 0.1) is 5.92 Å². The molecule has 6 heteroatoms. The minimum atomic E-state index is 0.0897. The molecule has 2 fully saturated rings. The van der Waals surface area contributed by atoms with E-state index in [0.717, 1.165) is 35.1 Å². The van der Waals surface area contributed by atoms with Gasteiger partial charge in [-0.1, -0.05) is 11.6 Å². The fourth-order valence-electron chi connectivity index (χ4n) is 3.17. The smallest absolute Gasteiger partial charge is 0.0783 e. The summed E-state index contributed by atoms with van der Waals surface area (Å²) < 4.78 is 6.08. The van der Waals surface area contributed by atoms with Crippen molar-refractivity contribution in [2.24, 2.45) is 11.8 Å². The number of hydrogen-bond acceptors (Lipinski definition) is 5. The second kappa shape index (κ2) is 5.92. The van der Waals surface area contributed by atoms with Crippen molar-refractivity contribution in [1.29, 1.82) is 0 Å². The van der Waals surface area contributed by atoms with Crippen LogP contribution in [0.2, 0.25) is 5.02 Å². The van der Waals surface area contributed by atoms with Crippen molar-refractivity contribution in [2.75, 3.05) is 18.1 Å². The van der Waals surface area contributed by atoms with E-state index in [1.165, 1.54) is 12.2 Å². The number of thioether (sulfide) groups is 1. The minimum Gasteiger partial charge on any atom is -0.374 e. The third kappa shape index (κ3) is 2.82. The van der Waals surface area contributed by atoms with Gasteiger partial charge in [-0.15, -0.1) is 11.3 Å². The lowest BCUT2D eigenvalue weighted by atomic mass is 9.81. The van der Waals surface area contributed by atoms with Crippen LogP contribution < -0.4 is 11.3 Å². The van der Waals surface area contributed by atoms with Crippen LogP contribution in [0.25, 0.3) is 0 Å². The molecule has 106 valence electrons. The number of thiophene rings is 1. The Bertz CT molecular complexity index is 434. The van der Waals surface area contributed by atoms with Gasteiger partial charge in [0.15, 0.2) is 0 Å². The fourth-order valence-corrected chi connectivity index (χ4v) is 5.87. The molecule has 1 spiro atoms. The number of rotatable bonds is 3. The van der Waals surface area contributed by atoms with Crippen LogP contribution >= 0.6 is 34.7 Å². The van der Waals surface area contributed by atoms with Crippen molar-refractivity contribution >= 4 is 34.7 Å². The van der Waals surface area contributed by atoms with Crippen LogP contribution in [-0.2, 0) is 4.74 Å². The van der Waals surface area contributed by atoms with Crippen molar-refractivity contribution in [2.45, 2.75) is 30.9 Å². The Morgan fingerprint density at radius 2 is 2.47 bits per heavy atom. The largest absolute Gasteiger partial charge is 0.374 e. The van der Waals surface area contributed by atoms with Crippen molar-refractivity contribution < 1.29 is 4.74 Å². The lowest BCUT2D eigenvalue weighted by molar-refractivity contribution is -0.0852. The summed E-state index contributed by atoms with van der Waals surface area (Å²) in [5.41, 5.74) is 3.07. The molecule has 2 aliphatic rings. The molecule has 0 aliphatic carbocycles. The van der Waals surface area contributed by atoms with E-state index < -0.39 is 0 Å². The van der Waals surface area contributed by atoms with E-state index in [1.54, 1.807) is 11.3 Å². The summed E-state index contributed by atoms with van der Waals surface area (Å²) in [5.74, 6) is 8.65. The second-order valence-corrected chi connectivity index (χ2v) is 7.82. The van der Waals surface area contributed by atoms with E-state index in [9.17, 15) is 0 Å². The summed E-state index contributed by atoms with van der Waals surface area (Å²) in [7, 11) is 0. The molecule has 3 unspecified atom stereocenters. The molecule has 3 rings (SSSR count). The first kappa shape index (κ1) is 14.2. The molecule has 19 heavy (non-hydrogen) atoms. The molecular formula is C13H19ClN2OS2. The molecule has 1 aromatic heterocycles. The number of ether oxygens (including phenoxy) is 1. The first-order valence-corrected chi connectivity index (χ1v) is 9.06. The normalized spacial score (nSPS) is 32.8. The Morgan fingerprint density at radius 1 is 1.58 bits per heavy atom. The topological polar surface area (TPSA) is 47.3 Å². The van der Waals surface area contributed by atoms with Crippen molar-refractivity contribution in [1.82, 2.24) is 5.43 Å². The summed E-state index contributed by atoms with van der Waals surface area (Å²) in [4.78, 5) is 1.16. The summed E-state index contributed by atoms with van der Waals surface area (Å²) in [5, 5.41) is 2.86. The highest BCUT2D eigenvalue weighted by molar-refractivity contribution is 7.99. The van der Waals surface area contributed by atoms with Gasteiger partial charge in [-0.3, -0.25) is 11.3 Å². The van der Waals surface area contributed by atoms with Gasteiger partial charge in [0.25, 0.3) is 0 Å². The summed E-state index contributed by atoms with van der Waals surface area (Å²) in [6.07, 6.45) is 3.31. The minimum absolute atomic E-state index is 0.0897. The van der Waals surface area contributed by atoms with E-state index in [1.807, 2.05) is 23.2 Å². The Hall–Kier alpha value is 0.220. The molecule has 0 bridgehead atoms. The molecule has 2 saturated heterocycles. The zero-order valence-electron chi connectivity index (χ0n) is 10.7. The van der Waals surface area contributed by atoms with Crippen molar-refractivity contribution in [3.05, 3.63) is 21.3 Å². The summed E-state index contributed by atoms with van der Waals surface area (Å²) >= 11 is 9.95. The van der Waals surface area contributed by atoms with Crippen LogP contribution in [0.3, 0.4) is 0 Å². The average molecular weight is 319 g/mol. The zero-order valence-corrected chi connectivity index (χ0v) is 13.1. The first-order chi connectivity index (χ1) is 9.24. The summed E-state index contributed by atoms with van der Waals surface area (Å²) in [6, 6.07) is 2.10. The molecule has 0 radical (unpaired) electrons. The Labute approximate surface area is 127 Å². The maximum absolute atomic E-state index is 6.26. The van der Waals surface area contributed by atoms with E-state index in [2.05, 4.69) is 5.43 Å². The van der Waals surface area contributed by atoms with Gasteiger partial charge in [0.05, 0.1) is 16.7 Å². The maximum atomic E-state index is 6.26. The predicted octanol–water partition coefficient (Wildman–Crippen LogP) is 3.21. The first-order valence-electron chi connectivity index (χ1n) is 6.65. The average Bonchev–Trinajstić information content (AvgIpc) is 3.02. The molecule has 3 heterocycles. The Balaban J connectivity index is 1.78. The predicted molar refractivity (Wildman–Crippen MR) is 82.7 cm³/mol. The second-order valence-electron chi connectivity index (χ2n) is 5.36. The molecular weight excluding hydrogens is 300 g/mol. The van der Waals surface area contributed by atoms with Crippen molar-refractivity contribution in [3.63, 3.8) is 0 Å². The fraction of sp³-hybridized carbons (Fsp3) is 0.692. The quantitative estimate of drug-likeness (QED) is 0.663. The molecule has 0 saturated carbocycles. The molecule has 3 atom stereocenters. The van der Waals surface area contributed by atoms with E-state index in [0.29, 0.717) is 5.92 Å². The Morgan fingerprint density at radius 3 is 3.11 bits per heavy atom. The van der Waals surface area contributed by atoms with Crippen LogP contribution in [-0.4, -0.2) is 23.7 Å². The van der Waals surface area contributed by atoms with Gasteiger partial charge in [-0.05, 0) is 42.4 Å². The van der Waals surface area contributed by atoms with Crippen LogP contribution in [0.1, 0.15) is 30.2 Å². The molecule has 3 N–H and O–H groups in total. The van der Waals surface area contributed by atoms with E-state index >= 15 is 0 Å². The van der Waals surface area contributed by atoms with Crippen molar-refractivity contribution in [3.8, 4) is 0 Å². The molecule has 0 amide bonds. The van der Waals surface area contributed by atoms with Gasteiger partial charge in [-0.2, -0.15) is 11.8 Å². The molecule has 2 aliphatic heterocycles. The molecule has 1 aromatic rings. The van der Waals surface area contributed by atoms with Gasteiger partial charge in [0, 0.05) is 17.2 Å². The number of halogens is 1. The van der Waals surface area contributed by atoms with Crippen LogP contribution in [0.15, 0.2) is 11.4 Å². The van der Waals surface area contributed by atoms with Gasteiger partial charge in [0.2, 0.25) is 0 Å². The highest BCUT2D eigenvalue weighted by Crippen LogP contribution is 2.45. The highest BCUT2D eigenvalue weighted by atomic mass is 35.5. The van der Waals surface area contributed by atoms with Gasteiger partial charge in [-0.25, -0.2) is 0 Å². The van der Waals surface area contributed by atoms with Gasteiger partial charge >= 0.3 is 0 Å². The highest BCUT2D eigenvalue weighted by Gasteiger charge is 2.43. The Kier molecular flexibility index (Phi) is 4.41. The van der Waals surface area contributed by atoms with Gasteiger partial charge < -0.3 is 4.74 Å². The number of nitrogens with two attached hydrogens (primary N) is 1. The SMILES string of the molecule is NNC(c1sccc1Cl)C1CCOC2(CCSC2)C1. The number of nitrogens with one attached hydrogen (secondary N) is 1. The number of hydrazine groups is 1. The molecule has 0 aromatic carbocycles. The van der Waals surface area contributed by atoms with Crippen LogP contribution in [0.4, 0.5) is 0 Å². The summed E-state index contributed by atoms with van der Waals surface area (Å²) in [6.45, 7) is 0.840. The maximum Gasteiger partial charge on any atom is 0.0783 e. The zero-order chi connectivity index (χ0) is 13.3. The van der Waals surface area contributed by atoms with Crippen LogP contribution in [0.5, 0.6) is 0 Å². The van der Waals surface area contributed by atoms with Gasteiger partial charge in [0.1, 0.15) is 0 Å². The molecule has 3 nitrogen and oxygen atoms in total. The monoisotopic (exact) mass is 318 g/mol.